The van der Waals surface area contributed by atoms with Crippen molar-refractivity contribution in [2.75, 3.05) is 6.54 Å². The summed E-state index contributed by atoms with van der Waals surface area (Å²) in [5.41, 5.74) is 6.07. The molecular weight excluding hydrogens is 220 g/mol. The van der Waals surface area contributed by atoms with Crippen molar-refractivity contribution < 1.29 is 8.78 Å². The molecular formula is C11H12ClF2N. The Labute approximate surface area is 92.2 Å². The van der Waals surface area contributed by atoms with Gasteiger partial charge in [0.1, 0.15) is 16.7 Å². The number of hydrogen-bond acceptors (Lipinski definition) is 1. The van der Waals surface area contributed by atoms with Gasteiger partial charge >= 0.3 is 0 Å². The van der Waals surface area contributed by atoms with E-state index < -0.39 is 16.7 Å². The largest absolute Gasteiger partial charge is 0.330 e. The molecule has 2 N–H and O–H groups in total. The van der Waals surface area contributed by atoms with E-state index in [1.165, 1.54) is 12.1 Å². The van der Waals surface area contributed by atoms with Crippen LogP contribution >= 0.6 is 11.6 Å². The fourth-order valence-corrected chi connectivity index (χ4v) is 2.19. The molecule has 1 aliphatic carbocycles. The van der Waals surface area contributed by atoms with Gasteiger partial charge in [-0.25, -0.2) is 8.78 Å². The minimum atomic E-state index is -0.702. The van der Waals surface area contributed by atoms with E-state index >= 15 is 0 Å². The van der Waals surface area contributed by atoms with Crippen LogP contribution in [0.3, 0.4) is 0 Å². The van der Waals surface area contributed by atoms with Gasteiger partial charge in [0.2, 0.25) is 0 Å². The Kier molecular flexibility index (Phi) is 2.69. The zero-order chi connectivity index (χ0) is 11.1. The lowest BCUT2D eigenvalue weighted by Crippen LogP contribution is -2.41. The molecule has 0 saturated heterocycles. The molecule has 1 nitrogen and oxygen atoms in total. The monoisotopic (exact) mass is 231 g/mol. The molecule has 1 saturated carbocycles. The van der Waals surface area contributed by atoms with Gasteiger partial charge in [-0.2, -0.15) is 0 Å². The highest BCUT2D eigenvalue weighted by Crippen LogP contribution is 2.43. The van der Waals surface area contributed by atoms with Crippen LogP contribution in [0.5, 0.6) is 0 Å². The zero-order valence-corrected chi connectivity index (χ0v) is 8.95. The maximum atomic E-state index is 13.3. The summed E-state index contributed by atoms with van der Waals surface area (Å²) in [6.07, 6.45) is 2.84. The third-order valence-corrected chi connectivity index (χ3v) is 3.66. The fourth-order valence-electron chi connectivity index (χ4n) is 2.08. The van der Waals surface area contributed by atoms with Gasteiger partial charge in [-0.05, 0) is 30.5 Å². The fraction of sp³-hybridized carbons (Fsp3) is 0.455. The van der Waals surface area contributed by atoms with Crippen LogP contribution < -0.4 is 5.73 Å². The van der Waals surface area contributed by atoms with Gasteiger partial charge in [-0.3, -0.25) is 0 Å². The van der Waals surface area contributed by atoms with Crippen LogP contribution in [0.4, 0.5) is 8.78 Å². The van der Waals surface area contributed by atoms with E-state index in [0.29, 0.717) is 12.1 Å². The van der Waals surface area contributed by atoms with Crippen molar-refractivity contribution in [3.63, 3.8) is 0 Å². The van der Waals surface area contributed by atoms with Crippen LogP contribution in [-0.2, 0) is 5.41 Å². The van der Waals surface area contributed by atoms with Crippen molar-refractivity contribution in [3.8, 4) is 0 Å². The quantitative estimate of drug-likeness (QED) is 0.778. The molecule has 0 radical (unpaired) electrons. The van der Waals surface area contributed by atoms with Crippen molar-refractivity contribution in [1.82, 2.24) is 0 Å². The van der Waals surface area contributed by atoms with E-state index in [9.17, 15) is 8.78 Å². The Morgan fingerprint density at radius 1 is 1.27 bits per heavy atom. The Morgan fingerprint density at radius 3 is 2.13 bits per heavy atom. The average molecular weight is 232 g/mol. The van der Waals surface area contributed by atoms with Crippen LogP contribution in [-0.4, -0.2) is 6.54 Å². The molecule has 0 aliphatic heterocycles. The molecule has 1 aliphatic rings. The van der Waals surface area contributed by atoms with Gasteiger partial charge in [0.15, 0.2) is 0 Å². The molecule has 15 heavy (non-hydrogen) atoms. The van der Waals surface area contributed by atoms with Crippen LogP contribution in [0.15, 0.2) is 12.1 Å². The molecule has 0 amide bonds. The number of nitrogens with two attached hydrogens (primary N) is 1. The highest BCUT2D eigenvalue weighted by Gasteiger charge is 2.38. The summed E-state index contributed by atoms with van der Waals surface area (Å²) in [5, 5.41) is -0.440. The second kappa shape index (κ2) is 3.72. The summed E-state index contributed by atoms with van der Waals surface area (Å²) in [4.78, 5) is 0. The van der Waals surface area contributed by atoms with Crippen molar-refractivity contribution in [2.24, 2.45) is 5.73 Å². The lowest BCUT2D eigenvalue weighted by Gasteiger charge is -2.41. The number of hydrogen-bond donors (Lipinski definition) is 1. The predicted octanol–water partition coefficient (Wildman–Crippen LogP) is 3.00. The number of benzene rings is 1. The molecule has 1 aromatic carbocycles. The molecule has 0 spiro atoms. The van der Waals surface area contributed by atoms with Gasteiger partial charge in [0.05, 0.1) is 0 Å². The van der Waals surface area contributed by atoms with Gasteiger partial charge in [-0.1, -0.05) is 18.0 Å². The van der Waals surface area contributed by atoms with Crippen LogP contribution in [0.2, 0.25) is 5.02 Å². The normalized spacial score (nSPS) is 18.7. The summed E-state index contributed by atoms with van der Waals surface area (Å²) >= 11 is 5.42. The second-order valence-electron chi connectivity index (χ2n) is 4.09. The van der Waals surface area contributed by atoms with Crippen molar-refractivity contribution in [3.05, 3.63) is 34.4 Å². The minimum Gasteiger partial charge on any atom is -0.330 e. The molecule has 2 rings (SSSR count). The summed E-state index contributed by atoms with van der Waals surface area (Å²) < 4.78 is 26.5. The lowest BCUT2D eigenvalue weighted by atomic mass is 9.64. The van der Waals surface area contributed by atoms with Gasteiger partial charge < -0.3 is 5.73 Å². The summed E-state index contributed by atoms with van der Waals surface area (Å²) in [7, 11) is 0. The molecule has 0 bridgehead atoms. The van der Waals surface area contributed by atoms with Crippen LogP contribution in [0.1, 0.15) is 24.8 Å². The topological polar surface area (TPSA) is 26.0 Å². The zero-order valence-electron chi connectivity index (χ0n) is 8.19. The van der Waals surface area contributed by atoms with Gasteiger partial charge in [-0.15, -0.1) is 0 Å². The Hall–Kier alpha value is -0.670. The first-order chi connectivity index (χ1) is 7.09. The summed E-state index contributed by atoms with van der Waals surface area (Å²) in [6.45, 7) is 0.424. The van der Waals surface area contributed by atoms with E-state index in [4.69, 9.17) is 17.3 Å². The van der Waals surface area contributed by atoms with E-state index in [1.807, 2.05) is 0 Å². The second-order valence-corrected chi connectivity index (χ2v) is 4.47. The molecule has 0 unspecified atom stereocenters. The van der Waals surface area contributed by atoms with E-state index in [-0.39, 0.29) is 5.41 Å². The first-order valence-electron chi connectivity index (χ1n) is 4.94. The van der Waals surface area contributed by atoms with Crippen LogP contribution in [0, 0.1) is 11.6 Å². The maximum absolute atomic E-state index is 13.3. The minimum absolute atomic E-state index is 0.230. The Morgan fingerprint density at radius 2 is 1.80 bits per heavy atom. The Bertz CT molecular complexity index is 360. The predicted molar refractivity (Wildman–Crippen MR) is 56.0 cm³/mol. The van der Waals surface area contributed by atoms with Gasteiger partial charge in [0, 0.05) is 12.0 Å². The van der Waals surface area contributed by atoms with E-state index in [2.05, 4.69) is 0 Å². The lowest BCUT2D eigenvalue weighted by molar-refractivity contribution is 0.251. The summed E-state index contributed by atoms with van der Waals surface area (Å²) in [6, 6.07) is 2.61. The first-order valence-corrected chi connectivity index (χ1v) is 5.32. The highest BCUT2D eigenvalue weighted by molar-refractivity contribution is 6.30. The molecule has 82 valence electrons. The number of halogens is 3. The third kappa shape index (κ3) is 1.64. The van der Waals surface area contributed by atoms with Crippen molar-refractivity contribution in [1.29, 1.82) is 0 Å². The smallest absolute Gasteiger partial charge is 0.145 e. The number of rotatable bonds is 2. The molecule has 1 aromatic rings. The SMILES string of the molecule is NCC1(c2cc(F)c(Cl)c(F)c2)CCC1. The standard InChI is InChI=1S/C11H12ClF2N/c12-10-8(13)4-7(5-9(10)14)11(6-15)2-1-3-11/h4-5H,1-3,6,15H2. The van der Waals surface area contributed by atoms with Crippen LogP contribution in [0.25, 0.3) is 0 Å². The average Bonchev–Trinajstić information content (AvgIpc) is 2.13. The van der Waals surface area contributed by atoms with E-state index in [0.717, 1.165) is 19.3 Å². The maximum Gasteiger partial charge on any atom is 0.145 e. The molecule has 0 heterocycles. The molecule has 0 atom stereocenters. The molecule has 4 heteroatoms. The first kappa shape index (κ1) is 10.8. The third-order valence-electron chi connectivity index (χ3n) is 3.30. The summed E-state index contributed by atoms with van der Waals surface area (Å²) in [5.74, 6) is -1.40. The van der Waals surface area contributed by atoms with E-state index in [1.54, 1.807) is 0 Å². The molecule has 0 aromatic heterocycles. The highest BCUT2D eigenvalue weighted by atomic mass is 35.5. The molecule has 1 fully saturated rings. The van der Waals surface area contributed by atoms with Crippen molar-refractivity contribution in [2.45, 2.75) is 24.7 Å². The van der Waals surface area contributed by atoms with Crippen molar-refractivity contribution >= 4 is 11.6 Å². The van der Waals surface area contributed by atoms with Gasteiger partial charge in [0.25, 0.3) is 0 Å². The Balaban J connectivity index is 2.45.